The number of nitrogens with two attached hydrogens (primary N) is 1. The summed E-state index contributed by atoms with van der Waals surface area (Å²) in [6, 6.07) is 13.9. The molecule has 48 heavy (non-hydrogen) atoms. The second kappa shape index (κ2) is 14.1. The van der Waals surface area contributed by atoms with E-state index in [9.17, 15) is 28.3 Å². The number of halogens is 3. The van der Waals surface area contributed by atoms with Gasteiger partial charge in [0.25, 0.3) is 5.91 Å². The van der Waals surface area contributed by atoms with Crippen molar-refractivity contribution in [1.82, 2.24) is 10.2 Å². The van der Waals surface area contributed by atoms with Crippen LogP contribution in [-0.4, -0.2) is 47.1 Å². The van der Waals surface area contributed by atoms with E-state index >= 15 is 0 Å². The molecule has 0 radical (unpaired) electrons. The zero-order chi connectivity index (χ0) is 34.9. The number of thiophene rings is 1. The molecule has 0 bridgehead atoms. The highest BCUT2D eigenvalue weighted by atomic mass is 35.5. The molecule has 8 nitrogen and oxygen atoms in total. The number of amides is 3. The van der Waals surface area contributed by atoms with Gasteiger partial charge in [-0.25, -0.2) is 13.6 Å². The van der Waals surface area contributed by atoms with Gasteiger partial charge in [0.1, 0.15) is 22.3 Å². The Morgan fingerprint density at radius 3 is 2.21 bits per heavy atom. The van der Waals surface area contributed by atoms with Crippen molar-refractivity contribution in [2.75, 3.05) is 7.11 Å². The lowest BCUT2D eigenvalue weighted by molar-refractivity contribution is 0.0543. The Labute approximate surface area is 286 Å². The molecule has 3 aromatic carbocycles. The van der Waals surface area contributed by atoms with Gasteiger partial charge in [-0.1, -0.05) is 50.6 Å². The molecule has 254 valence electrons. The smallest absolute Gasteiger partial charge is 0.404 e. The van der Waals surface area contributed by atoms with Gasteiger partial charge in [0.05, 0.1) is 22.2 Å². The van der Waals surface area contributed by atoms with Gasteiger partial charge >= 0.3 is 6.09 Å². The van der Waals surface area contributed by atoms with Crippen LogP contribution in [0.15, 0.2) is 54.6 Å². The van der Waals surface area contributed by atoms with Crippen LogP contribution in [0.4, 0.5) is 13.6 Å². The van der Waals surface area contributed by atoms with Crippen LogP contribution < -0.4 is 15.8 Å². The molecule has 1 fully saturated rings. The fourth-order valence-electron chi connectivity index (χ4n) is 6.75. The zero-order valence-corrected chi connectivity index (χ0v) is 28.7. The van der Waals surface area contributed by atoms with E-state index in [0.29, 0.717) is 42.6 Å². The van der Waals surface area contributed by atoms with E-state index in [0.717, 1.165) is 34.6 Å². The van der Waals surface area contributed by atoms with Crippen molar-refractivity contribution in [2.24, 2.45) is 17.1 Å². The standard InChI is InChI=1S/C36H38ClF2N3O5S/c1-36(2,3)32(41-35(45)46)20-9-12-24(13-10-20)42(34(44)31-29(37)28-25(38)14-15-26(39)30(28)48-31)18-23-17-22(11-16-27(23)47-4)19-5-7-21(8-6-19)33(40)43/h5-8,11,14-17,20,24,32,41H,9-10,12-13,18H2,1-4H3,(H2,40,43)(H,45,46). The molecule has 0 spiro atoms. The first-order chi connectivity index (χ1) is 22.7. The van der Waals surface area contributed by atoms with Crippen molar-refractivity contribution >= 4 is 50.9 Å². The van der Waals surface area contributed by atoms with Gasteiger partial charge < -0.3 is 25.8 Å². The highest BCUT2D eigenvalue weighted by Crippen LogP contribution is 2.42. The lowest BCUT2D eigenvalue weighted by Gasteiger charge is -2.43. The monoisotopic (exact) mass is 697 g/mol. The van der Waals surface area contributed by atoms with E-state index < -0.39 is 29.5 Å². The van der Waals surface area contributed by atoms with E-state index in [2.05, 4.69) is 5.32 Å². The average molecular weight is 698 g/mol. The minimum atomic E-state index is -1.08. The minimum absolute atomic E-state index is 0.0289. The number of nitrogens with one attached hydrogen (secondary N) is 1. The Morgan fingerprint density at radius 1 is 1.02 bits per heavy atom. The molecule has 1 unspecified atom stereocenters. The molecule has 1 aliphatic carbocycles. The van der Waals surface area contributed by atoms with Crippen LogP contribution in [0.3, 0.4) is 0 Å². The van der Waals surface area contributed by atoms with Crippen LogP contribution >= 0.6 is 22.9 Å². The maximum Gasteiger partial charge on any atom is 0.404 e. The first-order valence-corrected chi connectivity index (χ1v) is 16.8. The van der Waals surface area contributed by atoms with Gasteiger partial charge in [-0.15, -0.1) is 11.3 Å². The Hall–Kier alpha value is -4.22. The van der Waals surface area contributed by atoms with E-state index in [-0.39, 0.29) is 49.9 Å². The highest BCUT2D eigenvalue weighted by Gasteiger charge is 2.39. The van der Waals surface area contributed by atoms with Gasteiger partial charge in [-0.05, 0) is 84.5 Å². The molecule has 1 heterocycles. The van der Waals surface area contributed by atoms with Crippen LogP contribution in [0.1, 0.15) is 72.0 Å². The quantitative estimate of drug-likeness (QED) is 0.162. The number of carbonyl (C=O) groups is 3. The molecule has 4 aromatic rings. The van der Waals surface area contributed by atoms with Gasteiger partial charge in [-0.3, -0.25) is 9.59 Å². The summed E-state index contributed by atoms with van der Waals surface area (Å²) >= 11 is 7.43. The van der Waals surface area contributed by atoms with Crippen molar-refractivity contribution in [3.8, 4) is 16.9 Å². The van der Waals surface area contributed by atoms with Crippen molar-refractivity contribution in [2.45, 2.75) is 65.1 Å². The number of benzene rings is 3. The summed E-state index contributed by atoms with van der Waals surface area (Å²) in [5, 5.41) is 12.0. The summed E-state index contributed by atoms with van der Waals surface area (Å²) in [6.07, 6.45) is 1.38. The Kier molecular flexibility index (Phi) is 10.3. The number of methoxy groups -OCH3 is 1. The summed E-state index contributed by atoms with van der Waals surface area (Å²) in [5.74, 6) is -1.79. The number of nitrogens with zero attached hydrogens (tertiary/aromatic N) is 1. The van der Waals surface area contributed by atoms with Crippen LogP contribution in [0.25, 0.3) is 21.2 Å². The third-order valence-electron chi connectivity index (χ3n) is 9.13. The zero-order valence-electron chi connectivity index (χ0n) is 27.1. The second-order valence-electron chi connectivity index (χ2n) is 13.2. The van der Waals surface area contributed by atoms with Crippen LogP contribution in [0.2, 0.25) is 5.02 Å². The molecule has 1 saturated carbocycles. The summed E-state index contributed by atoms with van der Waals surface area (Å²) in [4.78, 5) is 39.4. The molecule has 0 aliphatic heterocycles. The van der Waals surface area contributed by atoms with Crippen molar-refractivity contribution in [1.29, 1.82) is 0 Å². The predicted molar refractivity (Wildman–Crippen MR) is 184 cm³/mol. The normalized spacial score (nSPS) is 17.1. The SMILES string of the molecule is COc1ccc(-c2ccc(C(N)=O)cc2)cc1CN(C(=O)c1sc2c(F)ccc(F)c2c1Cl)C1CCC(C(NC(=O)O)C(C)(C)C)CC1. The Balaban J connectivity index is 1.53. The van der Waals surface area contributed by atoms with Crippen LogP contribution in [0, 0.1) is 23.0 Å². The summed E-state index contributed by atoms with van der Waals surface area (Å²) < 4.78 is 35.3. The van der Waals surface area contributed by atoms with Gasteiger partial charge in [-0.2, -0.15) is 0 Å². The number of carboxylic acid groups (broad SMARTS) is 1. The molecule has 1 atom stereocenters. The van der Waals surface area contributed by atoms with Crippen LogP contribution in [-0.2, 0) is 6.54 Å². The fraction of sp³-hybridized carbons (Fsp3) is 0.361. The molecular weight excluding hydrogens is 660 g/mol. The molecular formula is C36H38ClF2N3O5S. The Bertz CT molecular complexity index is 1850. The first-order valence-electron chi connectivity index (χ1n) is 15.6. The number of rotatable bonds is 9. The van der Waals surface area contributed by atoms with E-state index in [4.69, 9.17) is 22.1 Å². The van der Waals surface area contributed by atoms with E-state index in [1.807, 2.05) is 32.9 Å². The highest BCUT2D eigenvalue weighted by molar-refractivity contribution is 7.21. The molecule has 1 aliphatic rings. The number of primary amides is 1. The number of ether oxygens (including phenoxy) is 1. The molecule has 4 N–H and O–H groups in total. The second-order valence-corrected chi connectivity index (χ2v) is 14.6. The number of hydrogen-bond donors (Lipinski definition) is 3. The fourth-order valence-corrected chi connectivity index (χ4v) is 8.25. The van der Waals surface area contributed by atoms with Crippen LogP contribution in [0.5, 0.6) is 5.75 Å². The largest absolute Gasteiger partial charge is 0.496 e. The van der Waals surface area contributed by atoms with Crippen molar-refractivity contribution in [3.63, 3.8) is 0 Å². The molecule has 0 saturated heterocycles. The maximum atomic E-state index is 14.8. The minimum Gasteiger partial charge on any atom is -0.496 e. The number of fused-ring (bicyclic) bond motifs is 1. The molecule has 5 rings (SSSR count). The van der Waals surface area contributed by atoms with Gasteiger partial charge in [0.15, 0.2) is 0 Å². The lowest BCUT2D eigenvalue weighted by Crippen LogP contribution is -2.50. The van der Waals surface area contributed by atoms with Crippen molar-refractivity contribution < 1.29 is 33.0 Å². The van der Waals surface area contributed by atoms with Gasteiger partial charge in [0.2, 0.25) is 5.91 Å². The third-order valence-corrected chi connectivity index (χ3v) is 10.8. The molecule has 3 amide bonds. The first kappa shape index (κ1) is 35.1. The number of carbonyl (C=O) groups excluding carboxylic acids is 2. The van der Waals surface area contributed by atoms with Gasteiger partial charge in [0, 0.05) is 29.8 Å². The molecule has 1 aromatic heterocycles. The van der Waals surface area contributed by atoms with Crippen molar-refractivity contribution in [3.05, 3.63) is 87.3 Å². The predicted octanol–water partition coefficient (Wildman–Crippen LogP) is 8.49. The maximum absolute atomic E-state index is 14.8. The topological polar surface area (TPSA) is 122 Å². The summed E-state index contributed by atoms with van der Waals surface area (Å²) in [5.41, 5.74) is 7.79. The molecule has 12 heteroatoms. The van der Waals surface area contributed by atoms with E-state index in [1.165, 1.54) is 7.11 Å². The summed E-state index contributed by atoms with van der Waals surface area (Å²) in [7, 11) is 1.54. The van der Waals surface area contributed by atoms with E-state index in [1.54, 1.807) is 35.2 Å². The Morgan fingerprint density at radius 2 is 1.65 bits per heavy atom. The summed E-state index contributed by atoms with van der Waals surface area (Å²) in [6.45, 7) is 6.10. The lowest BCUT2D eigenvalue weighted by atomic mass is 9.72. The average Bonchev–Trinajstić information content (AvgIpc) is 3.41. The third kappa shape index (κ3) is 7.27. The number of hydrogen-bond acceptors (Lipinski definition) is 5.